The molecule has 1 heterocycles. The lowest BCUT2D eigenvalue weighted by atomic mass is 9.96. The molecule has 11 heavy (non-hydrogen) atoms. The Kier molecular flexibility index (Phi) is 3.06. The molecule has 64 valence electrons. The van der Waals surface area contributed by atoms with Gasteiger partial charge in [-0.15, -0.1) is 0 Å². The first-order chi connectivity index (χ1) is 5.18. The predicted molar refractivity (Wildman–Crippen MR) is 45.5 cm³/mol. The SMILES string of the molecule is CC(=O)C[C@H]1CCC[C@@H](C)N1. The van der Waals surface area contributed by atoms with Gasteiger partial charge in [0.25, 0.3) is 0 Å². The van der Waals surface area contributed by atoms with Crippen LogP contribution in [0.3, 0.4) is 0 Å². The van der Waals surface area contributed by atoms with Crippen LogP contribution in [0.4, 0.5) is 0 Å². The van der Waals surface area contributed by atoms with Crippen LogP contribution in [0.15, 0.2) is 0 Å². The number of piperidine rings is 1. The summed E-state index contributed by atoms with van der Waals surface area (Å²) in [7, 11) is 0. The van der Waals surface area contributed by atoms with E-state index in [0.717, 1.165) is 0 Å². The smallest absolute Gasteiger partial charge is 0.131 e. The van der Waals surface area contributed by atoms with Crippen LogP contribution >= 0.6 is 0 Å². The summed E-state index contributed by atoms with van der Waals surface area (Å²) >= 11 is 0. The van der Waals surface area contributed by atoms with E-state index in [-0.39, 0.29) is 0 Å². The second kappa shape index (κ2) is 3.86. The fourth-order valence-corrected chi connectivity index (χ4v) is 1.75. The van der Waals surface area contributed by atoms with E-state index in [1.54, 1.807) is 6.92 Å². The third kappa shape index (κ3) is 3.02. The Morgan fingerprint density at radius 1 is 1.55 bits per heavy atom. The van der Waals surface area contributed by atoms with Gasteiger partial charge in [-0.05, 0) is 26.7 Å². The molecule has 0 aromatic heterocycles. The Morgan fingerprint density at radius 3 is 2.82 bits per heavy atom. The molecule has 0 aromatic carbocycles. The Labute approximate surface area is 68.4 Å². The van der Waals surface area contributed by atoms with Crippen molar-refractivity contribution in [3.8, 4) is 0 Å². The lowest BCUT2D eigenvalue weighted by molar-refractivity contribution is -0.117. The van der Waals surface area contributed by atoms with E-state index >= 15 is 0 Å². The quantitative estimate of drug-likeness (QED) is 0.654. The summed E-state index contributed by atoms with van der Waals surface area (Å²) < 4.78 is 0. The van der Waals surface area contributed by atoms with Crippen molar-refractivity contribution in [3.63, 3.8) is 0 Å². The van der Waals surface area contributed by atoms with E-state index in [4.69, 9.17) is 0 Å². The summed E-state index contributed by atoms with van der Waals surface area (Å²) in [5.41, 5.74) is 0. The maximum Gasteiger partial charge on any atom is 0.131 e. The average molecular weight is 155 g/mol. The van der Waals surface area contributed by atoms with E-state index in [2.05, 4.69) is 12.2 Å². The van der Waals surface area contributed by atoms with E-state index in [9.17, 15) is 4.79 Å². The van der Waals surface area contributed by atoms with Crippen molar-refractivity contribution in [1.29, 1.82) is 0 Å². The number of carbonyl (C=O) groups excluding carboxylic acids is 1. The van der Waals surface area contributed by atoms with Crippen molar-refractivity contribution in [1.82, 2.24) is 5.32 Å². The second-order valence-corrected chi connectivity index (χ2v) is 3.60. The molecule has 0 spiro atoms. The van der Waals surface area contributed by atoms with Crippen molar-refractivity contribution >= 4 is 5.78 Å². The van der Waals surface area contributed by atoms with Crippen molar-refractivity contribution < 1.29 is 4.79 Å². The zero-order chi connectivity index (χ0) is 8.27. The van der Waals surface area contributed by atoms with Gasteiger partial charge < -0.3 is 5.32 Å². The minimum absolute atomic E-state index is 0.302. The van der Waals surface area contributed by atoms with Gasteiger partial charge in [-0.25, -0.2) is 0 Å². The minimum Gasteiger partial charge on any atom is -0.311 e. The molecule has 0 saturated carbocycles. The molecular weight excluding hydrogens is 138 g/mol. The third-order valence-corrected chi connectivity index (χ3v) is 2.24. The summed E-state index contributed by atoms with van der Waals surface area (Å²) in [6.07, 6.45) is 4.41. The van der Waals surface area contributed by atoms with Crippen molar-refractivity contribution in [2.24, 2.45) is 0 Å². The van der Waals surface area contributed by atoms with Gasteiger partial charge in [-0.2, -0.15) is 0 Å². The van der Waals surface area contributed by atoms with Crippen LogP contribution in [0.5, 0.6) is 0 Å². The highest BCUT2D eigenvalue weighted by molar-refractivity contribution is 5.76. The molecule has 2 heteroatoms. The highest BCUT2D eigenvalue weighted by Gasteiger charge is 2.18. The molecule has 1 N–H and O–H groups in total. The number of hydrogen-bond acceptors (Lipinski definition) is 2. The Bertz CT molecular complexity index is 144. The molecule has 2 nitrogen and oxygen atoms in total. The second-order valence-electron chi connectivity index (χ2n) is 3.60. The maximum absolute atomic E-state index is 10.8. The van der Waals surface area contributed by atoms with Gasteiger partial charge in [0, 0.05) is 18.5 Å². The topological polar surface area (TPSA) is 29.1 Å². The fourth-order valence-electron chi connectivity index (χ4n) is 1.75. The minimum atomic E-state index is 0.302. The Morgan fingerprint density at radius 2 is 2.27 bits per heavy atom. The number of hydrogen-bond donors (Lipinski definition) is 1. The number of Topliss-reactive ketones (excluding diaryl/α,β-unsaturated/α-hetero) is 1. The molecule has 1 saturated heterocycles. The fraction of sp³-hybridized carbons (Fsp3) is 0.889. The largest absolute Gasteiger partial charge is 0.311 e. The van der Waals surface area contributed by atoms with E-state index in [0.29, 0.717) is 24.3 Å². The molecule has 0 aliphatic carbocycles. The Hall–Kier alpha value is -0.370. The molecule has 0 radical (unpaired) electrons. The van der Waals surface area contributed by atoms with Crippen LogP contribution in [0.1, 0.15) is 39.5 Å². The van der Waals surface area contributed by atoms with Gasteiger partial charge in [-0.1, -0.05) is 6.42 Å². The lowest BCUT2D eigenvalue weighted by Crippen LogP contribution is -2.41. The number of ketones is 1. The Balaban J connectivity index is 2.28. The molecule has 1 rings (SSSR count). The lowest BCUT2D eigenvalue weighted by Gasteiger charge is -2.27. The molecule has 0 unspecified atom stereocenters. The van der Waals surface area contributed by atoms with Crippen LogP contribution < -0.4 is 5.32 Å². The third-order valence-electron chi connectivity index (χ3n) is 2.24. The predicted octanol–water partition coefficient (Wildman–Crippen LogP) is 1.50. The maximum atomic E-state index is 10.8. The molecule has 1 fully saturated rings. The normalized spacial score (nSPS) is 31.8. The first kappa shape index (κ1) is 8.72. The standard InChI is InChI=1S/C9H17NO/c1-7-4-3-5-9(10-7)6-8(2)11/h7,9-10H,3-6H2,1-2H3/t7-,9-/m1/s1. The highest BCUT2D eigenvalue weighted by atomic mass is 16.1. The molecule has 0 amide bonds. The van der Waals surface area contributed by atoms with Crippen LogP contribution in [0.25, 0.3) is 0 Å². The summed E-state index contributed by atoms with van der Waals surface area (Å²) in [5.74, 6) is 0.302. The van der Waals surface area contributed by atoms with Gasteiger partial charge in [0.05, 0.1) is 0 Å². The van der Waals surface area contributed by atoms with E-state index in [1.807, 2.05) is 0 Å². The summed E-state index contributed by atoms with van der Waals surface area (Å²) in [6, 6.07) is 1.06. The molecule has 1 aliphatic rings. The van der Waals surface area contributed by atoms with Crippen molar-refractivity contribution in [2.75, 3.05) is 0 Å². The zero-order valence-corrected chi connectivity index (χ0v) is 7.39. The highest BCUT2D eigenvalue weighted by Crippen LogP contribution is 2.14. The molecule has 0 bridgehead atoms. The molecule has 0 aromatic rings. The summed E-state index contributed by atoms with van der Waals surface area (Å²) in [6.45, 7) is 3.85. The summed E-state index contributed by atoms with van der Waals surface area (Å²) in [5, 5.41) is 3.43. The van der Waals surface area contributed by atoms with Gasteiger partial charge in [0.2, 0.25) is 0 Å². The van der Waals surface area contributed by atoms with E-state index in [1.165, 1.54) is 19.3 Å². The van der Waals surface area contributed by atoms with Crippen LogP contribution in [-0.2, 0) is 4.79 Å². The van der Waals surface area contributed by atoms with Gasteiger partial charge in [0.1, 0.15) is 5.78 Å². The molecule has 2 atom stereocenters. The first-order valence-electron chi connectivity index (χ1n) is 4.44. The number of carbonyl (C=O) groups is 1. The first-order valence-corrected chi connectivity index (χ1v) is 4.44. The monoisotopic (exact) mass is 155 g/mol. The van der Waals surface area contributed by atoms with Gasteiger partial charge in [0.15, 0.2) is 0 Å². The number of rotatable bonds is 2. The van der Waals surface area contributed by atoms with Gasteiger partial charge >= 0.3 is 0 Å². The van der Waals surface area contributed by atoms with E-state index < -0.39 is 0 Å². The molecule has 1 aliphatic heterocycles. The van der Waals surface area contributed by atoms with Crippen LogP contribution in [-0.4, -0.2) is 17.9 Å². The van der Waals surface area contributed by atoms with Crippen LogP contribution in [0.2, 0.25) is 0 Å². The van der Waals surface area contributed by atoms with Crippen molar-refractivity contribution in [3.05, 3.63) is 0 Å². The zero-order valence-electron chi connectivity index (χ0n) is 7.39. The summed E-state index contributed by atoms with van der Waals surface area (Å²) in [4.78, 5) is 10.8. The van der Waals surface area contributed by atoms with Crippen molar-refractivity contribution in [2.45, 2.75) is 51.6 Å². The van der Waals surface area contributed by atoms with Gasteiger partial charge in [-0.3, -0.25) is 4.79 Å². The average Bonchev–Trinajstić information content (AvgIpc) is 1.85. The number of nitrogens with one attached hydrogen (secondary N) is 1. The van der Waals surface area contributed by atoms with Crippen LogP contribution in [0, 0.1) is 0 Å². The molecular formula is C9H17NO.